The van der Waals surface area contributed by atoms with Gasteiger partial charge in [0.15, 0.2) is 0 Å². The lowest BCUT2D eigenvalue weighted by Crippen LogP contribution is -2.14. The van der Waals surface area contributed by atoms with Crippen molar-refractivity contribution >= 4 is 12.6 Å². The lowest BCUT2D eigenvalue weighted by Gasteiger charge is -2.11. The van der Waals surface area contributed by atoms with Crippen molar-refractivity contribution in [1.82, 2.24) is 0 Å². The van der Waals surface area contributed by atoms with Gasteiger partial charge in [-0.15, -0.1) is 0 Å². The molecule has 0 N–H and O–H groups in total. The van der Waals surface area contributed by atoms with Crippen LogP contribution in [0.5, 0.6) is 0 Å². The molecule has 0 saturated heterocycles. The molecule has 0 aliphatic heterocycles. The van der Waals surface area contributed by atoms with Gasteiger partial charge in [0, 0.05) is 19.4 Å². The van der Waals surface area contributed by atoms with E-state index in [0.29, 0.717) is 19.4 Å². The zero-order valence-corrected chi connectivity index (χ0v) is 7.49. The van der Waals surface area contributed by atoms with Crippen LogP contribution < -0.4 is 0 Å². The normalized spacial score (nSPS) is 10.2. The highest BCUT2D eigenvalue weighted by Crippen LogP contribution is 2.01. The fourth-order valence-corrected chi connectivity index (χ4v) is 0.841. The monoisotopic (exact) mass is 172 g/mol. The highest BCUT2D eigenvalue weighted by molar-refractivity contribution is 5.54. The first kappa shape index (κ1) is 11.3. The number of hydrogen-bond acceptors (Lipinski definition) is 3. The van der Waals surface area contributed by atoms with Gasteiger partial charge in [0.2, 0.25) is 0 Å². The summed E-state index contributed by atoms with van der Waals surface area (Å²) in [5.41, 5.74) is 0. The first-order chi connectivity index (χ1) is 5.85. The summed E-state index contributed by atoms with van der Waals surface area (Å²) in [4.78, 5) is 20.3. The van der Waals surface area contributed by atoms with Crippen molar-refractivity contribution in [1.29, 1.82) is 0 Å². The van der Waals surface area contributed by atoms with Gasteiger partial charge in [-0.05, 0) is 6.42 Å². The zero-order chi connectivity index (χ0) is 9.23. The molecule has 12 heavy (non-hydrogen) atoms. The van der Waals surface area contributed by atoms with Gasteiger partial charge in [-0.1, -0.05) is 13.3 Å². The molecule has 0 aliphatic carbocycles. The average Bonchev–Trinajstić information content (AvgIpc) is 2.06. The Hall–Kier alpha value is -0.700. The summed E-state index contributed by atoms with van der Waals surface area (Å²) in [6.45, 7) is 2.71. The van der Waals surface area contributed by atoms with E-state index >= 15 is 0 Å². The van der Waals surface area contributed by atoms with Gasteiger partial charge >= 0.3 is 0 Å². The average molecular weight is 172 g/mol. The Labute approximate surface area is 73.1 Å². The van der Waals surface area contributed by atoms with Crippen LogP contribution in [0.2, 0.25) is 0 Å². The van der Waals surface area contributed by atoms with Crippen LogP contribution in [0.25, 0.3) is 0 Å². The molecule has 0 aromatic carbocycles. The predicted octanol–water partition coefficient (Wildman–Crippen LogP) is 1.35. The smallest absolute Gasteiger partial charge is 0.122 e. The third-order valence-electron chi connectivity index (χ3n) is 1.57. The summed E-state index contributed by atoms with van der Waals surface area (Å²) in [5.74, 6) is 0. The molecule has 3 nitrogen and oxygen atoms in total. The molecular formula is C9H16O3. The van der Waals surface area contributed by atoms with E-state index in [1.54, 1.807) is 0 Å². The Balaban J connectivity index is 3.47. The van der Waals surface area contributed by atoms with E-state index < -0.39 is 0 Å². The van der Waals surface area contributed by atoms with Gasteiger partial charge in [-0.3, -0.25) is 0 Å². The zero-order valence-electron chi connectivity index (χ0n) is 7.49. The molecule has 0 radical (unpaired) electrons. The molecule has 0 saturated carbocycles. The summed E-state index contributed by atoms with van der Waals surface area (Å²) >= 11 is 0. The van der Waals surface area contributed by atoms with Gasteiger partial charge in [-0.2, -0.15) is 0 Å². The number of unbranched alkanes of at least 4 members (excludes halogenated alkanes) is 1. The topological polar surface area (TPSA) is 43.4 Å². The van der Waals surface area contributed by atoms with Crippen LogP contribution in [0.1, 0.15) is 32.6 Å². The lowest BCUT2D eigenvalue weighted by atomic mass is 10.2. The molecule has 0 spiro atoms. The van der Waals surface area contributed by atoms with E-state index in [-0.39, 0.29) is 6.10 Å². The standard InChI is InChI=1S/C9H16O3/c1-2-3-8-12-9(4-6-10)5-7-11/h6-7,9H,2-5,8H2,1H3. The first-order valence-corrected chi connectivity index (χ1v) is 4.34. The maximum atomic E-state index is 10.1. The van der Waals surface area contributed by atoms with Gasteiger partial charge in [0.25, 0.3) is 0 Å². The maximum Gasteiger partial charge on any atom is 0.122 e. The fourth-order valence-electron chi connectivity index (χ4n) is 0.841. The first-order valence-electron chi connectivity index (χ1n) is 4.34. The fraction of sp³-hybridized carbons (Fsp3) is 0.778. The molecule has 0 aliphatic rings. The second kappa shape index (κ2) is 8.40. The number of rotatable bonds is 8. The molecule has 0 aromatic rings. The molecule has 3 heteroatoms. The van der Waals surface area contributed by atoms with Crippen molar-refractivity contribution in [3.05, 3.63) is 0 Å². The number of aldehydes is 2. The van der Waals surface area contributed by atoms with Crippen molar-refractivity contribution in [3.8, 4) is 0 Å². The minimum absolute atomic E-state index is 0.202. The Morgan fingerprint density at radius 3 is 2.25 bits per heavy atom. The van der Waals surface area contributed by atoms with Gasteiger partial charge in [0.1, 0.15) is 12.6 Å². The molecule has 0 atom stereocenters. The molecule has 0 bridgehead atoms. The quantitative estimate of drug-likeness (QED) is 0.410. The van der Waals surface area contributed by atoms with E-state index in [2.05, 4.69) is 6.92 Å². The third kappa shape index (κ3) is 6.04. The van der Waals surface area contributed by atoms with E-state index in [9.17, 15) is 9.59 Å². The molecule has 70 valence electrons. The van der Waals surface area contributed by atoms with E-state index in [0.717, 1.165) is 25.4 Å². The minimum Gasteiger partial charge on any atom is -0.377 e. The van der Waals surface area contributed by atoms with Gasteiger partial charge in [-0.25, -0.2) is 0 Å². The second-order valence-electron chi connectivity index (χ2n) is 2.65. The van der Waals surface area contributed by atoms with Crippen molar-refractivity contribution in [2.24, 2.45) is 0 Å². The van der Waals surface area contributed by atoms with Gasteiger partial charge < -0.3 is 14.3 Å². The van der Waals surface area contributed by atoms with E-state index in [1.165, 1.54) is 0 Å². The number of carbonyl (C=O) groups is 2. The van der Waals surface area contributed by atoms with Crippen LogP contribution in [-0.2, 0) is 14.3 Å². The number of carbonyl (C=O) groups excluding carboxylic acids is 2. The lowest BCUT2D eigenvalue weighted by molar-refractivity contribution is -0.113. The Bertz CT molecular complexity index is 113. The molecule has 0 heterocycles. The summed E-state index contributed by atoms with van der Waals surface area (Å²) in [6.07, 6.45) is 4.07. The molecule has 0 aromatic heterocycles. The van der Waals surface area contributed by atoms with Crippen LogP contribution in [0.4, 0.5) is 0 Å². The summed E-state index contributed by atoms with van der Waals surface area (Å²) < 4.78 is 5.30. The predicted molar refractivity (Wildman–Crippen MR) is 46.0 cm³/mol. The van der Waals surface area contributed by atoms with Crippen molar-refractivity contribution < 1.29 is 14.3 Å². The van der Waals surface area contributed by atoms with Crippen molar-refractivity contribution in [2.45, 2.75) is 38.7 Å². The summed E-state index contributed by atoms with van der Waals surface area (Å²) in [6, 6.07) is 0. The highest BCUT2D eigenvalue weighted by Gasteiger charge is 2.06. The SMILES string of the molecule is CCCCOC(CC=O)CC=O. The number of hydrogen-bond donors (Lipinski definition) is 0. The Morgan fingerprint density at radius 2 is 1.83 bits per heavy atom. The molecular weight excluding hydrogens is 156 g/mol. The van der Waals surface area contributed by atoms with Crippen LogP contribution >= 0.6 is 0 Å². The third-order valence-corrected chi connectivity index (χ3v) is 1.57. The summed E-state index contributed by atoms with van der Waals surface area (Å²) in [5, 5.41) is 0. The van der Waals surface area contributed by atoms with Gasteiger partial charge in [0.05, 0.1) is 6.10 Å². The van der Waals surface area contributed by atoms with E-state index in [1.807, 2.05) is 0 Å². The highest BCUT2D eigenvalue weighted by atomic mass is 16.5. The molecule has 0 unspecified atom stereocenters. The van der Waals surface area contributed by atoms with Crippen LogP contribution in [-0.4, -0.2) is 25.3 Å². The second-order valence-corrected chi connectivity index (χ2v) is 2.65. The van der Waals surface area contributed by atoms with Crippen LogP contribution in [0, 0.1) is 0 Å². The van der Waals surface area contributed by atoms with Crippen molar-refractivity contribution in [2.75, 3.05) is 6.61 Å². The van der Waals surface area contributed by atoms with Crippen LogP contribution in [0.3, 0.4) is 0 Å². The number of ether oxygens (including phenoxy) is 1. The van der Waals surface area contributed by atoms with Crippen molar-refractivity contribution in [3.63, 3.8) is 0 Å². The molecule has 0 fully saturated rings. The largest absolute Gasteiger partial charge is 0.377 e. The molecule has 0 amide bonds. The summed E-state index contributed by atoms with van der Waals surface area (Å²) in [7, 11) is 0. The van der Waals surface area contributed by atoms with Crippen LogP contribution in [0.15, 0.2) is 0 Å². The minimum atomic E-state index is -0.202. The van der Waals surface area contributed by atoms with E-state index in [4.69, 9.17) is 4.74 Å². The Kier molecular flexibility index (Phi) is 7.91. The Morgan fingerprint density at radius 1 is 1.25 bits per heavy atom. The molecule has 0 rings (SSSR count). The maximum absolute atomic E-state index is 10.1.